The molecule has 2 heterocycles. The Balaban J connectivity index is 1.80. The van der Waals surface area contributed by atoms with Crippen LogP contribution in [0.1, 0.15) is 32.6 Å². The zero-order valence-electron chi connectivity index (χ0n) is 10.6. The first kappa shape index (κ1) is 12.3. The summed E-state index contributed by atoms with van der Waals surface area (Å²) in [5.74, 6) is 0.738. The molecule has 0 aromatic heterocycles. The Morgan fingerprint density at radius 2 is 2.12 bits per heavy atom. The molecule has 0 spiro atoms. The van der Waals surface area contributed by atoms with E-state index in [0.29, 0.717) is 6.04 Å². The van der Waals surface area contributed by atoms with Gasteiger partial charge in [-0.05, 0) is 38.9 Å². The molecule has 2 aliphatic heterocycles. The predicted octanol–water partition coefficient (Wildman–Crippen LogP) is 1.49. The molecule has 2 saturated heterocycles. The molecule has 0 amide bonds. The van der Waals surface area contributed by atoms with Crippen LogP contribution in [0.25, 0.3) is 0 Å². The van der Waals surface area contributed by atoms with E-state index in [1.165, 1.54) is 45.3 Å². The lowest BCUT2D eigenvalue weighted by atomic mass is 9.97. The standard InChI is InChI=1S/C13H26N2O/c1-2-14-13(12-6-9-16-11-12)10-15-7-4-3-5-8-15/h12-14H,2-11H2,1H3. The smallest absolute Gasteiger partial charge is 0.0510 e. The fraction of sp³-hybridized carbons (Fsp3) is 1.00. The molecule has 0 aromatic rings. The molecule has 16 heavy (non-hydrogen) atoms. The van der Waals surface area contributed by atoms with E-state index >= 15 is 0 Å². The zero-order chi connectivity index (χ0) is 11.2. The van der Waals surface area contributed by atoms with E-state index in [1.54, 1.807) is 0 Å². The number of nitrogens with zero attached hydrogens (tertiary/aromatic N) is 1. The van der Waals surface area contributed by atoms with Gasteiger partial charge in [0.1, 0.15) is 0 Å². The van der Waals surface area contributed by atoms with Crippen molar-refractivity contribution in [3.8, 4) is 0 Å². The van der Waals surface area contributed by atoms with E-state index in [0.717, 1.165) is 25.7 Å². The van der Waals surface area contributed by atoms with E-state index in [9.17, 15) is 0 Å². The maximum atomic E-state index is 5.52. The van der Waals surface area contributed by atoms with E-state index in [1.807, 2.05) is 0 Å². The Hall–Kier alpha value is -0.120. The lowest BCUT2D eigenvalue weighted by Crippen LogP contribution is -2.47. The van der Waals surface area contributed by atoms with Gasteiger partial charge in [-0.1, -0.05) is 13.3 Å². The van der Waals surface area contributed by atoms with E-state index in [2.05, 4.69) is 17.1 Å². The molecule has 2 fully saturated rings. The highest BCUT2D eigenvalue weighted by Gasteiger charge is 2.27. The van der Waals surface area contributed by atoms with Gasteiger partial charge in [0.05, 0.1) is 6.61 Å². The molecular weight excluding hydrogens is 200 g/mol. The molecule has 0 aromatic carbocycles. The van der Waals surface area contributed by atoms with Crippen molar-refractivity contribution >= 4 is 0 Å². The minimum atomic E-state index is 0.644. The molecule has 3 nitrogen and oxygen atoms in total. The maximum absolute atomic E-state index is 5.52. The third-order valence-corrected chi connectivity index (χ3v) is 3.90. The largest absolute Gasteiger partial charge is 0.381 e. The van der Waals surface area contributed by atoms with Crippen LogP contribution in [0.15, 0.2) is 0 Å². The second kappa shape index (κ2) is 6.58. The van der Waals surface area contributed by atoms with Crippen LogP contribution >= 0.6 is 0 Å². The monoisotopic (exact) mass is 226 g/mol. The van der Waals surface area contributed by atoms with Crippen molar-refractivity contribution in [2.75, 3.05) is 39.4 Å². The van der Waals surface area contributed by atoms with Crippen molar-refractivity contribution < 1.29 is 4.74 Å². The van der Waals surface area contributed by atoms with Gasteiger partial charge >= 0.3 is 0 Å². The van der Waals surface area contributed by atoms with Crippen molar-refractivity contribution in [2.24, 2.45) is 5.92 Å². The number of piperidine rings is 1. The summed E-state index contributed by atoms with van der Waals surface area (Å²) in [6.45, 7) is 9.04. The van der Waals surface area contributed by atoms with Gasteiger partial charge in [-0.2, -0.15) is 0 Å². The Morgan fingerprint density at radius 3 is 2.75 bits per heavy atom. The highest BCUT2D eigenvalue weighted by molar-refractivity contribution is 4.82. The summed E-state index contributed by atoms with van der Waals surface area (Å²) in [4.78, 5) is 2.63. The number of likely N-dealkylation sites (N-methyl/N-ethyl adjacent to an activating group) is 1. The van der Waals surface area contributed by atoms with Crippen molar-refractivity contribution in [3.05, 3.63) is 0 Å². The summed E-state index contributed by atoms with van der Waals surface area (Å²) in [7, 11) is 0. The van der Waals surface area contributed by atoms with Crippen LogP contribution in [0.2, 0.25) is 0 Å². The minimum Gasteiger partial charge on any atom is -0.381 e. The number of rotatable bonds is 5. The third-order valence-electron chi connectivity index (χ3n) is 3.90. The summed E-state index contributed by atoms with van der Waals surface area (Å²) in [5.41, 5.74) is 0. The number of nitrogens with one attached hydrogen (secondary N) is 1. The van der Waals surface area contributed by atoms with Gasteiger partial charge < -0.3 is 15.0 Å². The number of hydrogen-bond acceptors (Lipinski definition) is 3. The molecule has 3 heteroatoms. The summed E-state index contributed by atoms with van der Waals surface area (Å²) in [6, 6.07) is 0.644. The first-order valence-electron chi connectivity index (χ1n) is 6.93. The SMILES string of the molecule is CCNC(CN1CCCCC1)C1CCOC1. The summed E-state index contributed by atoms with van der Waals surface area (Å²) in [6.07, 6.45) is 5.44. The molecule has 2 rings (SSSR count). The molecule has 2 aliphatic rings. The second-order valence-electron chi connectivity index (χ2n) is 5.15. The molecule has 0 radical (unpaired) electrons. The van der Waals surface area contributed by atoms with Crippen molar-refractivity contribution in [3.63, 3.8) is 0 Å². The Morgan fingerprint density at radius 1 is 1.31 bits per heavy atom. The van der Waals surface area contributed by atoms with E-state index in [4.69, 9.17) is 4.74 Å². The molecular formula is C13H26N2O. The van der Waals surface area contributed by atoms with E-state index < -0.39 is 0 Å². The van der Waals surface area contributed by atoms with Crippen LogP contribution in [0.4, 0.5) is 0 Å². The Bertz CT molecular complexity index is 186. The van der Waals surface area contributed by atoms with Crippen molar-refractivity contribution in [2.45, 2.75) is 38.6 Å². The average Bonchev–Trinajstić information content (AvgIpc) is 2.83. The normalized spacial score (nSPS) is 29.4. The molecule has 1 N–H and O–H groups in total. The van der Waals surface area contributed by atoms with Crippen molar-refractivity contribution in [1.82, 2.24) is 10.2 Å². The van der Waals surface area contributed by atoms with Gasteiger partial charge in [-0.25, -0.2) is 0 Å². The van der Waals surface area contributed by atoms with Crippen LogP contribution in [0, 0.1) is 5.92 Å². The fourth-order valence-corrected chi connectivity index (χ4v) is 2.93. The predicted molar refractivity (Wildman–Crippen MR) is 66.7 cm³/mol. The number of hydrogen-bond donors (Lipinski definition) is 1. The van der Waals surface area contributed by atoms with Crippen LogP contribution in [-0.4, -0.2) is 50.3 Å². The molecule has 0 saturated carbocycles. The number of likely N-dealkylation sites (tertiary alicyclic amines) is 1. The van der Waals surface area contributed by atoms with Gasteiger partial charge in [0, 0.05) is 25.1 Å². The van der Waals surface area contributed by atoms with Crippen LogP contribution in [0.5, 0.6) is 0 Å². The topological polar surface area (TPSA) is 24.5 Å². The van der Waals surface area contributed by atoms with Gasteiger partial charge in [-0.3, -0.25) is 0 Å². The molecule has 0 bridgehead atoms. The highest BCUT2D eigenvalue weighted by atomic mass is 16.5. The zero-order valence-corrected chi connectivity index (χ0v) is 10.6. The molecule has 2 atom stereocenters. The summed E-state index contributed by atoms with van der Waals surface area (Å²) in [5, 5.41) is 3.65. The quantitative estimate of drug-likeness (QED) is 0.768. The lowest BCUT2D eigenvalue weighted by molar-refractivity contribution is 0.152. The summed E-state index contributed by atoms with van der Waals surface area (Å²) >= 11 is 0. The molecule has 0 aliphatic carbocycles. The van der Waals surface area contributed by atoms with Gasteiger partial charge in [-0.15, -0.1) is 0 Å². The van der Waals surface area contributed by atoms with Crippen molar-refractivity contribution in [1.29, 1.82) is 0 Å². The van der Waals surface area contributed by atoms with Gasteiger partial charge in [0.2, 0.25) is 0 Å². The molecule has 2 unspecified atom stereocenters. The van der Waals surface area contributed by atoms with Gasteiger partial charge in [0.25, 0.3) is 0 Å². The van der Waals surface area contributed by atoms with Crippen LogP contribution < -0.4 is 5.32 Å². The Labute approximate surface area is 99.5 Å². The minimum absolute atomic E-state index is 0.644. The number of ether oxygens (including phenoxy) is 1. The third kappa shape index (κ3) is 3.44. The van der Waals surface area contributed by atoms with Crippen LogP contribution in [0.3, 0.4) is 0 Å². The highest BCUT2D eigenvalue weighted by Crippen LogP contribution is 2.19. The lowest BCUT2D eigenvalue weighted by Gasteiger charge is -2.33. The average molecular weight is 226 g/mol. The second-order valence-corrected chi connectivity index (χ2v) is 5.15. The maximum Gasteiger partial charge on any atom is 0.0510 e. The van der Waals surface area contributed by atoms with Gasteiger partial charge in [0.15, 0.2) is 0 Å². The first-order chi connectivity index (χ1) is 7.90. The first-order valence-corrected chi connectivity index (χ1v) is 6.93. The van der Waals surface area contributed by atoms with E-state index in [-0.39, 0.29) is 0 Å². The Kier molecular flexibility index (Phi) is 5.07. The fourth-order valence-electron chi connectivity index (χ4n) is 2.93. The molecule has 94 valence electrons. The van der Waals surface area contributed by atoms with Crippen LogP contribution in [-0.2, 0) is 4.74 Å². The summed E-state index contributed by atoms with van der Waals surface area (Å²) < 4.78 is 5.52.